The van der Waals surface area contributed by atoms with Crippen molar-refractivity contribution in [3.63, 3.8) is 0 Å². The molecule has 2 heterocycles. The summed E-state index contributed by atoms with van der Waals surface area (Å²) in [7, 11) is 1.24. The number of carbonyl (C=O) groups is 4. The van der Waals surface area contributed by atoms with E-state index in [4.69, 9.17) is 0 Å². The maximum atomic E-state index is 12.6. The number of amides is 3. The van der Waals surface area contributed by atoms with Gasteiger partial charge in [-0.1, -0.05) is 0 Å². The van der Waals surface area contributed by atoms with E-state index in [0.29, 0.717) is 23.4 Å². The summed E-state index contributed by atoms with van der Waals surface area (Å²) in [6, 6.07) is 5.84. The fourth-order valence-corrected chi connectivity index (χ4v) is 4.70. The molecule has 8 nitrogen and oxygen atoms in total. The van der Waals surface area contributed by atoms with E-state index in [9.17, 15) is 19.2 Å². The van der Waals surface area contributed by atoms with E-state index in [2.05, 4.69) is 15.4 Å². The van der Waals surface area contributed by atoms with Crippen LogP contribution in [0.2, 0.25) is 0 Å². The van der Waals surface area contributed by atoms with Crippen molar-refractivity contribution in [2.75, 3.05) is 24.7 Å². The first-order chi connectivity index (χ1) is 12.8. The maximum absolute atomic E-state index is 12.6. The summed E-state index contributed by atoms with van der Waals surface area (Å²) in [6.45, 7) is 1.79. The first-order valence-corrected chi connectivity index (χ1v) is 9.55. The van der Waals surface area contributed by atoms with Gasteiger partial charge in [0, 0.05) is 23.4 Å². The number of nitrogens with one attached hydrogen (secondary N) is 2. The highest BCUT2D eigenvalue weighted by molar-refractivity contribution is 8.01. The largest absolute Gasteiger partial charge is 0.468 e. The third-order valence-corrected chi connectivity index (χ3v) is 6.29. The van der Waals surface area contributed by atoms with Gasteiger partial charge in [-0.05, 0) is 37.6 Å². The van der Waals surface area contributed by atoms with Crippen LogP contribution in [0, 0.1) is 0 Å². The number of anilines is 1. The van der Waals surface area contributed by atoms with Gasteiger partial charge < -0.3 is 20.3 Å². The molecule has 0 bridgehead atoms. The minimum absolute atomic E-state index is 0.0141. The zero-order valence-corrected chi connectivity index (χ0v) is 15.9. The minimum atomic E-state index is -0.537. The van der Waals surface area contributed by atoms with Crippen molar-refractivity contribution in [3.05, 3.63) is 29.8 Å². The zero-order chi connectivity index (χ0) is 19.6. The van der Waals surface area contributed by atoms with Crippen molar-refractivity contribution >= 4 is 41.1 Å². The Balaban J connectivity index is 1.60. The van der Waals surface area contributed by atoms with Gasteiger partial charge in [0.2, 0.25) is 11.8 Å². The molecule has 0 saturated carbocycles. The first-order valence-electron chi connectivity index (χ1n) is 8.56. The van der Waals surface area contributed by atoms with Crippen LogP contribution in [0.15, 0.2) is 24.3 Å². The monoisotopic (exact) mass is 391 g/mol. The molecule has 2 aliphatic heterocycles. The van der Waals surface area contributed by atoms with Crippen LogP contribution in [-0.2, 0) is 19.1 Å². The van der Waals surface area contributed by atoms with Crippen LogP contribution in [0.1, 0.15) is 30.1 Å². The third kappa shape index (κ3) is 3.92. The van der Waals surface area contributed by atoms with Gasteiger partial charge in [0.05, 0.1) is 12.0 Å². The summed E-state index contributed by atoms with van der Waals surface area (Å²) < 4.78 is 4.46. The van der Waals surface area contributed by atoms with Gasteiger partial charge in [0.1, 0.15) is 12.6 Å². The fourth-order valence-electron chi connectivity index (χ4n) is 3.27. The van der Waals surface area contributed by atoms with Crippen molar-refractivity contribution in [3.8, 4) is 0 Å². The van der Waals surface area contributed by atoms with Crippen LogP contribution in [0.3, 0.4) is 0 Å². The molecule has 2 saturated heterocycles. The fraction of sp³-hybridized carbons (Fsp3) is 0.444. The number of fused-ring (bicyclic) bond motifs is 1. The zero-order valence-electron chi connectivity index (χ0n) is 15.1. The van der Waals surface area contributed by atoms with E-state index >= 15 is 0 Å². The molecule has 0 spiro atoms. The maximum Gasteiger partial charge on any atom is 0.325 e. The predicted molar refractivity (Wildman–Crippen MR) is 100 cm³/mol. The normalized spacial score (nSPS) is 23.7. The Morgan fingerprint density at radius 3 is 2.67 bits per heavy atom. The lowest BCUT2D eigenvalue weighted by molar-refractivity contribution is -0.139. The highest BCUT2D eigenvalue weighted by Gasteiger charge is 2.52. The number of ether oxygens (including phenoxy) is 1. The van der Waals surface area contributed by atoms with E-state index in [-0.39, 0.29) is 23.2 Å². The van der Waals surface area contributed by atoms with Crippen LogP contribution < -0.4 is 10.6 Å². The molecule has 3 amide bonds. The lowest BCUT2D eigenvalue weighted by Gasteiger charge is -2.29. The van der Waals surface area contributed by atoms with Crippen molar-refractivity contribution in [2.45, 2.75) is 30.7 Å². The average molecular weight is 391 g/mol. The number of nitrogens with zero attached hydrogens (tertiary/aromatic N) is 1. The van der Waals surface area contributed by atoms with E-state index in [1.165, 1.54) is 7.11 Å². The number of methoxy groups -OCH3 is 1. The molecule has 2 fully saturated rings. The first kappa shape index (κ1) is 19.2. The summed E-state index contributed by atoms with van der Waals surface area (Å²) in [5, 5.41) is 5.25. The van der Waals surface area contributed by atoms with Crippen LogP contribution in [0.4, 0.5) is 5.69 Å². The van der Waals surface area contributed by atoms with Crippen LogP contribution >= 0.6 is 11.8 Å². The topological polar surface area (TPSA) is 105 Å². The number of benzene rings is 1. The molecule has 0 aromatic heterocycles. The quantitative estimate of drug-likeness (QED) is 0.725. The molecule has 2 aliphatic rings. The van der Waals surface area contributed by atoms with E-state index in [0.717, 1.165) is 6.42 Å². The summed E-state index contributed by atoms with van der Waals surface area (Å²) in [6.07, 6.45) is 1.23. The lowest BCUT2D eigenvalue weighted by atomic mass is 10.1. The number of carbonyl (C=O) groups excluding carboxylic acids is 4. The smallest absolute Gasteiger partial charge is 0.325 e. The van der Waals surface area contributed by atoms with Crippen molar-refractivity contribution in [2.24, 2.45) is 0 Å². The summed E-state index contributed by atoms with van der Waals surface area (Å²) in [5.41, 5.74) is 0.894. The minimum Gasteiger partial charge on any atom is -0.468 e. The number of thioether (sulfide) groups is 1. The summed E-state index contributed by atoms with van der Waals surface area (Å²) in [4.78, 5) is 49.2. The highest BCUT2D eigenvalue weighted by atomic mass is 32.2. The van der Waals surface area contributed by atoms with E-state index < -0.39 is 17.9 Å². The molecule has 27 heavy (non-hydrogen) atoms. The second-order valence-corrected chi connectivity index (χ2v) is 8.09. The Labute approximate surface area is 161 Å². The molecule has 9 heteroatoms. The van der Waals surface area contributed by atoms with Crippen molar-refractivity contribution in [1.29, 1.82) is 0 Å². The Morgan fingerprint density at radius 1 is 1.30 bits per heavy atom. The molecule has 144 valence electrons. The standard InChI is InChI=1S/C18H21N3O5S/c1-18-8-7-14(22)21(18)13(10-27-18)17(25)20-12-5-3-11(4-6-12)16(24)19-9-15(23)26-2/h3-6,13H,7-10H2,1-2H3,(H,19,24)(H,20,25). The van der Waals surface area contributed by atoms with Crippen LogP contribution in [0.25, 0.3) is 0 Å². The third-order valence-electron chi connectivity index (χ3n) is 4.78. The molecular formula is C18H21N3O5S. The second-order valence-electron chi connectivity index (χ2n) is 6.59. The molecule has 2 N–H and O–H groups in total. The lowest BCUT2D eigenvalue weighted by Crippen LogP contribution is -2.48. The second kappa shape index (κ2) is 7.59. The van der Waals surface area contributed by atoms with E-state index in [1.807, 2.05) is 6.92 Å². The SMILES string of the molecule is COC(=O)CNC(=O)c1ccc(NC(=O)C2CSC3(C)CCC(=O)N23)cc1. The van der Waals surface area contributed by atoms with Gasteiger partial charge in [0.25, 0.3) is 5.91 Å². The Hall–Kier alpha value is -2.55. The van der Waals surface area contributed by atoms with Gasteiger partial charge in [-0.15, -0.1) is 11.8 Å². The highest BCUT2D eigenvalue weighted by Crippen LogP contribution is 2.47. The number of hydrogen-bond acceptors (Lipinski definition) is 6. The van der Waals surface area contributed by atoms with Crippen molar-refractivity contribution < 1.29 is 23.9 Å². The summed E-state index contributed by atoms with van der Waals surface area (Å²) >= 11 is 1.64. The van der Waals surface area contributed by atoms with Gasteiger partial charge in [-0.2, -0.15) is 0 Å². The predicted octanol–water partition coefficient (Wildman–Crippen LogP) is 0.982. The molecule has 1 aromatic rings. The number of rotatable bonds is 5. The molecule has 2 unspecified atom stereocenters. The molecule has 0 radical (unpaired) electrons. The molecule has 2 atom stereocenters. The Bertz CT molecular complexity index is 782. The average Bonchev–Trinajstić information content (AvgIpc) is 3.16. The summed E-state index contributed by atoms with van der Waals surface area (Å²) in [5.74, 6) is -0.596. The molecule has 3 rings (SSSR count). The molecule has 1 aromatic carbocycles. The van der Waals surface area contributed by atoms with Crippen LogP contribution in [0.5, 0.6) is 0 Å². The van der Waals surface area contributed by atoms with Crippen LogP contribution in [-0.4, -0.2) is 58.9 Å². The van der Waals surface area contributed by atoms with E-state index in [1.54, 1.807) is 40.9 Å². The number of hydrogen-bond donors (Lipinski definition) is 2. The van der Waals surface area contributed by atoms with Gasteiger partial charge in [-0.25, -0.2) is 0 Å². The number of esters is 1. The molecular weight excluding hydrogens is 370 g/mol. The van der Waals surface area contributed by atoms with Gasteiger partial charge >= 0.3 is 5.97 Å². The van der Waals surface area contributed by atoms with Crippen molar-refractivity contribution in [1.82, 2.24) is 10.2 Å². The molecule has 0 aliphatic carbocycles. The van der Waals surface area contributed by atoms with Gasteiger partial charge in [0.15, 0.2) is 0 Å². The Kier molecular flexibility index (Phi) is 5.41. The van der Waals surface area contributed by atoms with Gasteiger partial charge in [-0.3, -0.25) is 19.2 Å². The Morgan fingerprint density at radius 2 is 2.00 bits per heavy atom.